The Bertz CT molecular complexity index is 285. The molecule has 72 valence electrons. The van der Waals surface area contributed by atoms with Gasteiger partial charge in [-0.3, -0.25) is 4.79 Å². The van der Waals surface area contributed by atoms with Crippen LogP contribution in [-0.2, 0) is 11.2 Å². The van der Waals surface area contributed by atoms with Gasteiger partial charge in [0, 0.05) is 17.5 Å². The van der Waals surface area contributed by atoms with Crippen molar-refractivity contribution < 1.29 is 14.6 Å². The van der Waals surface area contributed by atoms with Crippen LogP contribution in [0.1, 0.15) is 17.7 Å². The third-order valence-corrected chi connectivity index (χ3v) is 2.54. The number of ether oxygens (including phenoxy) is 1. The number of aliphatic carboxylic acids is 1. The molecule has 1 N–H and O–H groups in total. The zero-order chi connectivity index (χ0) is 9.68. The van der Waals surface area contributed by atoms with Gasteiger partial charge < -0.3 is 9.84 Å². The molecule has 0 bridgehead atoms. The average molecular weight is 201 g/mol. The molecule has 0 saturated carbocycles. The number of aryl methyl sites for hydroxylation is 1. The minimum absolute atomic E-state index is 0.209. The van der Waals surface area contributed by atoms with Gasteiger partial charge in [0.25, 0.3) is 5.19 Å². The number of methoxy groups -OCH3 is 1. The van der Waals surface area contributed by atoms with Gasteiger partial charge in [-0.2, -0.15) is 0 Å². The first-order chi connectivity index (χ1) is 6.22. The van der Waals surface area contributed by atoms with Crippen molar-refractivity contribution >= 4 is 17.3 Å². The van der Waals surface area contributed by atoms with Gasteiger partial charge in [0.15, 0.2) is 0 Å². The third-order valence-electron chi connectivity index (χ3n) is 1.52. The molecule has 1 aromatic rings. The molecule has 0 aromatic carbocycles. The van der Waals surface area contributed by atoms with Gasteiger partial charge >= 0.3 is 5.97 Å². The zero-order valence-electron chi connectivity index (χ0n) is 7.32. The minimum atomic E-state index is -0.753. The molecule has 1 heterocycles. The number of carboxylic acids is 1. The van der Waals surface area contributed by atoms with Crippen LogP contribution in [0.5, 0.6) is 5.19 Å². The van der Waals surface area contributed by atoms with Gasteiger partial charge in [-0.1, -0.05) is 11.3 Å². The van der Waals surface area contributed by atoms with Gasteiger partial charge in [0.05, 0.1) is 7.11 Å². The van der Waals surface area contributed by atoms with Crippen molar-refractivity contribution in [3.63, 3.8) is 0 Å². The second-order valence-electron chi connectivity index (χ2n) is 2.54. The van der Waals surface area contributed by atoms with Crippen LogP contribution in [0.2, 0.25) is 0 Å². The molecule has 0 fully saturated rings. The first kappa shape index (κ1) is 9.98. The van der Waals surface area contributed by atoms with E-state index in [4.69, 9.17) is 9.84 Å². The Labute approximate surface area is 80.2 Å². The maximum atomic E-state index is 10.2. The number of thiazole rings is 1. The summed E-state index contributed by atoms with van der Waals surface area (Å²) in [6, 6.07) is 0. The number of carbonyl (C=O) groups is 1. The molecule has 0 aliphatic rings. The summed E-state index contributed by atoms with van der Waals surface area (Å²) in [6.07, 6.45) is 3.35. The number of rotatable bonds is 5. The van der Waals surface area contributed by atoms with E-state index in [1.54, 1.807) is 13.3 Å². The second-order valence-corrected chi connectivity index (χ2v) is 3.62. The highest BCUT2D eigenvalue weighted by Gasteiger charge is 2.02. The molecule has 1 rings (SSSR count). The van der Waals surface area contributed by atoms with E-state index in [0.29, 0.717) is 11.6 Å². The topological polar surface area (TPSA) is 59.4 Å². The zero-order valence-corrected chi connectivity index (χ0v) is 8.13. The van der Waals surface area contributed by atoms with E-state index in [1.807, 2.05) is 0 Å². The Morgan fingerprint density at radius 2 is 2.54 bits per heavy atom. The summed E-state index contributed by atoms with van der Waals surface area (Å²) in [5.74, 6) is -0.753. The maximum absolute atomic E-state index is 10.2. The smallest absolute Gasteiger partial charge is 0.303 e. The summed E-state index contributed by atoms with van der Waals surface area (Å²) < 4.78 is 4.91. The number of nitrogens with zero attached hydrogens (tertiary/aromatic N) is 1. The van der Waals surface area contributed by atoms with Crippen molar-refractivity contribution in [2.75, 3.05) is 7.11 Å². The molecule has 0 spiro atoms. The molecule has 0 aliphatic heterocycles. The number of carboxylic acid groups (broad SMARTS) is 1. The van der Waals surface area contributed by atoms with E-state index in [0.717, 1.165) is 11.3 Å². The molecule has 0 amide bonds. The predicted octanol–water partition coefficient (Wildman–Crippen LogP) is 1.56. The normalized spacial score (nSPS) is 9.92. The molecular formula is C8H11NO3S. The highest BCUT2D eigenvalue weighted by molar-refractivity contribution is 7.13. The van der Waals surface area contributed by atoms with E-state index in [2.05, 4.69) is 4.98 Å². The summed E-state index contributed by atoms with van der Waals surface area (Å²) in [7, 11) is 1.57. The fourth-order valence-electron chi connectivity index (χ4n) is 0.913. The Kier molecular flexibility index (Phi) is 3.70. The van der Waals surface area contributed by atoms with Crippen LogP contribution in [0.4, 0.5) is 0 Å². The molecule has 1 aromatic heterocycles. The van der Waals surface area contributed by atoms with Gasteiger partial charge in [0.1, 0.15) is 0 Å². The molecule has 13 heavy (non-hydrogen) atoms. The molecule has 0 radical (unpaired) electrons. The fraction of sp³-hybridized carbons (Fsp3) is 0.500. The number of aromatic nitrogens is 1. The molecule has 0 saturated heterocycles. The largest absolute Gasteiger partial charge is 0.481 e. The van der Waals surface area contributed by atoms with Crippen LogP contribution in [0.15, 0.2) is 6.20 Å². The fourth-order valence-corrected chi connectivity index (χ4v) is 1.68. The van der Waals surface area contributed by atoms with Crippen molar-refractivity contribution in [1.29, 1.82) is 0 Å². The van der Waals surface area contributed by atoms with E-state index in [-0.39, 0.29) is 6.42 Å². The summed E-state index contributed by atoms with van der Waals surface area (Å²) in [5, 5.41) is 9.04. The van der Waals surface area contributed by atoms with E-state index >= 15 is 0 Å². The maximum Gasteiger partial charge on any atom is 0.303 e. The third kappa shape index (κ3) is 3.42. The van der Waals surface area contributed by atoms with Crippen LogP contribution in [-0.4, -0.2) is 23.2 Å². The quantitative estimate of drug-likeness (QED) is 0.785. The lowest BCUT2D eigenvalue weighted by atomic mass is 10.2. The monoisotopic (exact) mass is 201 g/mol. The Morgan fingerprint density at radius 3 is 3.08 bits per heavy atom. The summed E-state index contributed by atoms with van der Waals surface area (Å²) >= 11 is 1.46. The summed E-state index contributed by atoms with van der Waals surface area (Å²) in [4.78, 5) is 15.3. The van der Waals surface area contributed by atoms with Gasteiger partial charge in [-0.25, -0.2) is 4.98 Å². The first-order valence-electron chi connectivity index (χ1n) is 3.93. The standard InChI is InChI=1S/C8H11NO3S/c1-12-8-9-5-6(13-8)3-2-4-7(10)11/h5H,2-4H2,1H3,(H,10,11). The Morgan fingerprint density at radius 1 is 1.77 bits per heavy atom. The number of hydrogen-bond donors (Lipinski definition) is 1. The van der Waals surface area contributed by atoms with Crippen LogP contribution >= 0.6 is 11.3 Å². The number of hydrogen-bond acceptors (Lipinski definition) is 4. The average Bonchev–Trinajstić information content (AvgIpc) is 2.52. The first-order valence-corrected chi connectivity index (χ1v) is 4.74. The molecule has 4 nitrogen and oxygen atoms in total. The molecule has 5 heteroatoms. The van der Waals surface area contributed by atoms with Crippen molar-refractivity contribution in [2.45, 2.75) is 19.3 Å². The van der Waals surface area contributed by atoms with Gasteiger partial charge in [-0.15, -0.1) is 0 Å². The minimum Gasteiger partial charge on any atom is -0.481 e. The Balaban J connectivity index is 2.32. The lowest BCUT2D eigenvalue weighted by Gasteiger charge is -1.92. The van der Waals surface area contributed by atoms with E-state index in [9.17, 15) is 4.79 Å². The highest BCUT2D eigenvalue weighted by Crippen LogP contribution is 2.21. The lowest BCUT2D eigenvalue weighted by molar-refractivity contribution is -0.137. The van der Waals surface area contributed by atoms with Crippen LogP contribution in [0.25, 0.3) is 0 Å². The molecular weight excluding hydrogens is 190 g/mol. The summed E-state index contributed by atoms with van der Waals surface area (Å²) in [6.45, 7) is 0. The van der Waals surface area contributed by atoms with Crippen LogP contribution in [0.3, 0.4) is 0 Å². The predicted molar refractivity (Wildman–Crippen MR) is 49.2 cm³/mol. The molecule has 0 atom stereocenters. The lowest BCUT2D eigenvalue weighted by Crippen LogP contribution is -1.94. The van der Waals surface area contributed by atoms with Crippen LogP contribution < -0.4 is 4.74 Å². The molecule has 0 unspecified atom stereocenters. The van der Waals surface area contributed by atoms with Crippen molar-refractivity contribution in [3.8, 4) is 5.19 Å². The van der Waals surface area contributed by atoms with E-state index < -0.39 is 5.97 Å². The SMILES string of the molecule is COc1ncc(CCCC(=O)O)s1. The van der Waals surface area contributed by atoms with Crippen LogP contribution in [0, 0.1) is 0 Å². The van der Waals surface area contributed by atoms with Crippen molar-refractivity contribution in [1.82, 2.24) is 4.98 Å². The van der Waals surface area contributed by atoms with Crippen molar-refractivity contribution in [3.05, 3.63) is 11.1 Å². The van der Waals surface area contributed by atoms with E-state index in [1.165, 1.54) is 11.3 Å². The van der Waals surface area contributed by atoms with Gasteiger partial charge in [0.2, 0.25) is 0 Å². The highest BCUT2D eigenvalue weighted by atomic mass is 32.1. The second kappa shape index (κ2) is 4.81. The van der Waals surface area contributed by atoms with Gasteiger partial charge in [-0.05, 0) is 12.8 Å². The summed E-state index contributed by atoms with van der Waals surface area (Å²) in [5.41, 5.74) is 0. The Hall–Kier alpha value is -1.10. The van der Waals surface area contributed by atoms with Crippen molar-refractivity contribution in [2.24, 2.45) is 0 Å². The molecule has 0 aliphatic carbocycles.